The molecule has 1 N–H and O–H groups in total. The number of hydrogen-bond donors (Lipinski definition) is 1. The summed E-state index contributed by atoms with van der Waals surface area (Å²) in [4.78, 5) is 0. The van der Waals surface area contributed by atoms with E-state index in [9.17, 15) is 52.7 Å². The van der Waals surface area contributed by atoms with E-state index in [1.54, 1.807) is 0 Å². The molecule has 2 atom stereocenters. The summed E-state index contributed by atoms with van der Waals surface area (Å²) < 4.78 is 154. The van der Waals surface area contributed by atoms with Gasteiger partial charge in [-0.3, -0.25) is 0 Å². The molecule has 1 nitrogen and oxygen atoms in total. The Bertz CT molecular complexity index is 444. The van der Waals surface area contributed by atoms with Gasteiger partial charge in [0.25, 0.3) is 5.67 Å². The van der Waals surface area contributed by atoms with Crippen LogP contribution in [0.15, 0.2) is 0 Å². The lowest BCUT2D eigenvalue weighted by Crippen LogP contribution is -2.70. The minimum absolute atomic E-state index is 0.899. The number of hydrogen-bond acceptors (Lipinski definition) is 1. The molecule has 0 radical (unpaired) electrons. The maximum Gasteiger partial charge on any atom is 0.428 e. The maximum atomic E-state index is 13.3. The van der Waals surface area contributed by atoms with E-state index in [-0.39, 0.29) is 0 Å². The van der Waals surface area contributed by atoms with Gasteiger partial charge in [-0.05, 0) is 6.92 Å². The Balaban J connectivity index is 6.11. The van der Waals surface area contributed by atoms with Gasteiger partial charge in [0.1, 0.15) is 0 Å². The molecule has 0 spiro atoms. The summed E-state index contributed by atoms with van der Waals surface area (Å²) in [5, 5.41) is 8.43. The number of rotatable bonds is 7. The van der Waals surface area contributed by atoms with E-state index < -0.39 is 59.4 Å². The summed E-state index contributed by atoms with van der Waals surface area (Å²) in [6.45, 7) is -2.40. The maximum absolute atomic E-state index is 13.3. The minimum atomic E-state index is -7.39. The van der Waals surface area contributed by atoms with Gasteiger partial charge in [0, 0.05) is 10.3 Å². The third-order valence-electron chi connectivity index (χ3n) is 3.05. The van der Waals surface area contributed by atoms with Gasteiger partial charge < -0.3 is 5.11 Å². The zero-order valence-electron chi connectivity index (χ0n) is 11.4. The van der Waals surface area contributed by atoms with Crippen LogP contribution in [0, 0.1) is 0 Å². The molecular formula is C10H9F12IO. The van der Waals surface area contributed by atoms with E-state index in [1.807, 2.05) is 0 Å². The molecule has 0 aromatic rings. The summed E-state index contributed by atoms with van der Waals surface area (Å²) in [6, 6.07) is 0. The number of aliphatic hydroxyl groups excluding tert-OH is 1. The Morgan fingerprint density at radius 1 is 0.750 bits per heavy atom. The molecule has 2 unspecified atom stereocenters. The lowest BCUT2D eigenvalue weighted by molar-refractivity contribution is -0.412. The molecule has 0 saturated heterocycles. The van der Waals surface area contributed by atoms with Crippen molar-refractivity contribution in [1.29, 1.82) is 0 Å². The monoisotopic (exact) mass is 500 g/mol. The van der Waals surface area contributed by atoms with Gasteiger partial charge in [-0.25, -0.2) is 4.39 Å². The first-order chi connectivity index (χ1) is 10.2. The van der Waals surface area contributed by atoms with Gasteiger partial charge in [-0.2, -0.15) is 48.3 Å². The normalized spacial score (nSPS) is 19.1. The molecule has 0 rings (SSSR count). The highest BCUT2D eigenvalue weighted by molar-refractivity contribution is 14.1. The molecule has 0 aliphatic carbocycles. The first-order valence-electron chi connectivity index (χ1n) is 5.72. The summed E-state index contributed by atoms with van der Waals surface area (Å²) >= 11 is 0.899. The van der Waals surface area contributed by atoms with Gasteiger partial charge >= 0.3 is 29.9 Å². The predicted octanol–water partition coefficient (Wildman–Crippen LogP) is 5.00. The topological polar surface area (TPSA) is 20.2 Å². The second-order valence-corrected chi connectivity index (χ2v) is 6.67. The van der Waals surface area contributed by atoms with Crippen LogP contribution in [-0.4, -0.2) is 51.2 Å². The van der Waals surface area contributed by atoms with Crippen molar-refractivity contribution in [1.82, 2.24) is 0 Å². The number of halogens is 13. The van der Waals surface area contributed by atoms with Gasteiger partial charge in [0.2, 0.25) is 0 Å². The Morgan fingerprint density at radius 3 is 1.42 bits per heavy atom. The molecule has 146 valence electrons. The van der Waals surface area contributed by atoms with Crippen molar-refractivity contribution in [3.05, 3.63) is 0 Å². The Morgan fingerprint density at radius 2 is 1.12 bits per heavy atom. The average molecular weight is 500 g/mol. The minimum Gasteiger partial charge on any atom is -0.395 e. The third kappa shape index (κ3) is 3.53. The van der Waals surface area contributed by atoms with Gasteiger partial charge in [-0.15, -0.1) is 0 Å². The summed E-state index contributed by atoms with van der Waals surface area (Å²) in [5.41, 5.74) is -6.22. The fourth-order valence-electron chi connectivity index (χ4n) is 1.37. The van der Waals surface area contributed by atoms with E-state index in [0.29, 0.717) is 0 Å². The zero-order chi connectivity index (χ0) is 20.0. The second-order valence-electron chi connectivity index (χ2n) is 4.91. The summed E-state index contributed by atoms with van der Waals surface area (Å²) in [7, 11) is 0. The van der Waals surface area contributed by atoms with Crippen LogP contribution in [0.1, 0.15) is 13.3 Å². The molecule has 0 fully saturated rings. The van der Waals surface area contributed by atoms with E-state index in [0.717, 1.165) is 22.6 Å². The lowest BCUT2D eigenvalue weighted by Gasteiger charge is -2.41. The Hall–Kier alpha value is -0.150. The van der Waals surface area contributed by atoms with Crippen molar-refractivity contribution in [3.8, 4) is 0 Å². The third-order valence-corrected chi connectivity index (χ3v) is 3.88. The zero-order valence-corrected chi connectivity index (χ0v) is 13.5. The quantitative estimate of drug-likeness (QED) is 0.297. The highest BCUT2D eigenvalue weighted by atomic mass is 127. The second kappa shape index (κ2) is 6.54. The first-order valence-corrected chi connectivity index (χ1v) is 6.97. The van der Waals surface area contributed by atoms with Crippen molar-refractivity contribution in [2.24, 2.45) is 0 Å². The van der Waals surface area contributed by atoms with Crippen LogP contribution >= 0.6 is 22.6 Å². The molecule has 0 heterocycles. The van der Waals surface area contributed by atoms with Crippen LogP contribution in [0.2, 0.25) is 0 Å². The van der Waals surface area contributed by atoms with E-state index >= 15 is 0 Å². The molecule has 0 bridgehead atoms. The molecular weight excluding hydrogens is 491 g/mol. The fourth-order valence-corrected chi connectivity index (χ4v) is 1.92. The smallest absolute Gasteiger partial charge is 0.395 e. The van der Waals surface area contributed by atoms with E-state index in [4.69, 9.17) is 5.11 Å². The molecule has 0 aliphatic heterocycles. The molecule has 0 amide bonds. The van der Waals surface area contributed by atoms with Crippen LogP contribution in [0.25, 0.3) is 0 Å². The van der Waals surface area contributed by atoms with Crippen LogP contribution in [0.3, 0.4) is 0 Å². The Labute approximate surface area is 140 Å². The van der Waals surface area contributed by atoms with Gasteiger partial charge in [-0.1, -0.05) is 22.6 Å². The van der Waals surface area contributed by atoms with E-state index in [2.05, 4.69) is 0 Å². The van der Waals surface area contributed by atoms with Crippen LogP contribution in [-0.2, 0) is 0 Å². The predicted molar refractivity (Wildman–Crippen MR) is 64.9 cm³/mol. The van der Waals surface area contributed by atoms with Gasteiger partial charge in [0.15, 0.2) is 0 Å². The summed E-state index contributed by atoms with van der Waals surface area (Å²) in [6.07, 6.45) is -9.01. The van der Waals surface area contributed by atoms with Crippen LogP contribution < -0.4 is 0 Å². The fraction of sp³-hybridized carbons (Fsp3) is 1.00. The molecule has 24 heavy (non-hydrogen) atoms. The van der Waals surface area contributed by atoms with Crippen molar-refractivity contribution < 1.29 is 57.8 Å². The van der Waals surface area contributed by atoms with Crippen molar-refractivity contribution in [2.45, 2.75) is 52.8 Å². The van der Waals surface area contributed by atoms with Crippen LogP contribution in [0.5, 0.6) is 0 Å². The van der Waals surface area contributed by atoms with E-state index in [1.165, 1.54) is 0 Å². The molecule has 14 heteroatoms. The molecule has 0 aromatic carbocycles. The van der Waals surface area contributed by atoms with Crippen molar-refractivity contribution in [2.75, 3.05) is 6.61 Å². The first kappa shape index (κ1) is 23.9. The molecule has 0 aromatic heterocycles. The molecule has 0 aliphatic rings. The standard InChI is InChI=1S/C10H9F12IO/c1-5(11,10(20,21)22)7(14,15)9(18,19)8(16,17)6(12,13)2-4(23)3-24/h4,24H,2-3H2,1H3. The highest BCUT2D eigenvalue weighted by Gasteiger charge is 2.88. The SMILES string of the molecule is CC(F)(C(F)(F)F)C(F)(F)C(F)(F)C(F)(F)C(F)(F)CC(I)CO. The Kier molecular flexibility index (Phi) is 6.50. The largest absolute Gasteiger partial charge is 0.428 e. The average Bonchev–Trinajstić information content (AvgIpc) is 2.35. The van der Waals surface area contributed by atoms with Crippen LogP contribution in [0.4, 0.5) is 52.7 Å². The molecule has 0 saturated carbocycles. The van der Waals surface area contributed by atoms with Crippen molar-refractivity contribution in [3.63, 3.8) is 0 Å². The number of alkyl halides is 13. The highest BCUT2D eigenvalue weighted by Crippen LogP contribution is 2.60. The van der Waals surface area contributed by atoms with Gasteiger partial charge in [0.05, 0.1) is 6.61 Å². The van der Waals surface area contributed by atoms with Crippen molar-refractivity contribution >= 4 is 22.6 Å². The number of aliphatic hydroxyl groups is 1. The lowest BCUT2D eigenvalue weighted by atomic mass is 9.87. The summed E-state index contributed by atoms with van der Waals surface area (Å²) in [5.74, 6) is -27.6.